The number of nitrogens with one attached hydrogen (secondary N) is 3. The van der Waals surface area contributed by atoms with Crippen LogP contribution in [0.4, 0.5) is 22.0 Å². The first kappa shape index (κ1) is 31.6. The molecule has 256 valence electrons. The lowest BCUT2D eigenvalue weighted by molar-refractivity contribution is -0.197. The van der Waals surface area contributed by atoms with Crippen molar-refractivity contribution in [1.82, 2.24) is 24.8 Å². The Balaban J connectivity index is 1.01. The summed E-state index contributed by atoms with van der Waals surface area (Å²) in [5.74, 6) is 0.624. The van der Waals surface area contributed by atoms with E-state index < -0.39 is 53.2 Å². The molecule has 48 heavy (non-hydrogen) atoms. The fourth-order valence-corrected chi connectivity index (χ4v) is 10.1. The van der Waals surface area contributed by atoms with Crippen LogP contribution < -0.4 is 20.3 Å². The number of ether oxygens (including phenoxy) is 3. The highest BCUT2D eigenvalue weighted by Gasteiger charge is 2.58. The standard InChI is InChI=1S/C32H40N8O7S/c1-4-33-28(41)24-23-25(47-31(2,3)46-23)29(45-24)39-16-36-22-26(34-15-35-27(22)39)38-30(42)37-20-6-5-7-21(11-20)40(48(43)44)32-12-17-8-18(13-32)10-19(9-17)14-32/h5-7,11,15-19,23-25,29H,4,8-10,12-14H2,1-3H3,(H,33,41)(H,43,44)(H2,34,35,37,38,42)/p-1/t17?,18?,19?,23-,24+,25-,29-,32?/m1/s1. The van der Waals surface area contributed by atoms with E-state index in [1.807, 2.05) is 6.92 Å². The zero-order chi connectivity index (χ0) is 33.4. The van der Waals surface area contributed by atoms with E-state index in [1.54, 1.807) is 47.0 Å². The molecule has 3 N–H and O–H groups in total. The van der Waals surface area contributed by atoms with Crippen molar-refractivity contribution in [2.75, 3.05) is 21.5 Å². The molecule has 1 unspecified atom stereocenters. The van der Waals surface area contributed by atoms with Crippen molar-refractivity contribution < 1.29 is 32.6 Å². The molecule has 0 spiro atoms. The van der Waals surface area contributed by atoms with Crippen LogP contribution in [0.15, 0.2) is 36.9 Å². The van der Waals surface area contributed by atoms with E-state index in [2.05, 4.69) is 30.9 Å². The van der Waals surface area contributed by atoms with Gasteiger partial charge in [0, 0.05) is 23.5 Å². The zero-order valence-corrected chi connectivity index (χ0v) is 27.8. The number of nitrogens with zero attached hydrogens (tertiary/aromatic N) is 5. The van der Waals surface area contributed by atoms with Crippen LogP contribution in [0, 0.1) is 17.8 Å². The van der Waals surface area contributed by atoms with Crippen LogP contribution in [0.25, 0.3) is 11.2 Å². The number of hydrogen-bond donors (Lipinski definition) is 3. The smallest absolute Gasteiger partial charge is 0.324 e. The van der Waals surface area contributed by atoms with Gasteiger partial charge in [0.1, 0.15) is 18.5 Å². The monoisotopic (exact) mass is 679 g/mol. The molecule has 2 aromatic heterocycles. The van der Waals surface area contributed by atoms with Crippen molar-refractivity contribution in [2.24, 2.45) is 17.8 Å². The Labute approximate surface area is 279 Å². The Morgan fingerprint density at radius 2 is 1.75 bits per heavy atom. The minimum atomic E-state index is -2.47. The van der Waals surface area contributed by atoms with Gasteiger partial charge in [-0.1, -0.05) is 6.07 Å². The first-order valence-electron chi connectivity index (χ1n) is 16.6. The number of likely N-dealkylation sites (N-methyl/N-ethyl adjacent to an activating group) is 1. The first-order valence-corrected chi connectivity index (χ1v) is 17.6. The minimum Gasteiger partial charge on any atom is -0.755 e. The van der Waals surface area contributed by atoms with E-state index in [0.29, 0.717) is 46.8 Å². The molecular formula is C32H39N8O7S-. The molecule has 6 aliphatic rings. The number of carbonyl (C=O) groups excluding carboxylic acids is 2. The molecule has 9 rings (SSSR count). The number of amides is 3. The molecular weight excluding hydrogens is 640 g/mol. The summed E-state index contributed by atoms with van der Waals surface area (Å²) in [6.07, 6.45) is 6.06. The number of benzene rings is 1. The number of urea groups is 1. The van der Waals surface area contributed by atoms with E-state index in [4.69, 9.17) is 14.2 Å². The number of aromatic nitrogens is 4. The average molecular weight is 680 g/mol. The Morgan fingerprint density at radius 3 is 2.44 bits per heavy atom. The van der Waals surface area contributed by atoms with E-state index in [0.717, 1.165) is 19.3 Å². The first-order chi connectivity index (χ1) is 23.0. The van der Waals surface area contributed by atoms with E-state index in [1.165, 1.54) is 31.9 Å². The lowest BCUT2D eigenvalue weighted by Crippen LogP contribution is -2.60. The third-order valence-electron chi connectivity index (χ3n) is 10.4. The molecule has 2 aliphatic heterocycles. The maximum atomic E-state index is 13.3. The van der Waals surface area contributed by atoms with E-state index in [-0.39, 0.29) is 11.7 Å². The molecule has 4 heterocycles. The summed E-state index contributed by atoms with van der Waals surface area (Å²) in [5.41, 5.74) is 1.22. The van der Waals surface area contributed by atoms with Gasteiger partial charge in [-0.3, -0.25) is 23.2 Å². The maximum absolute atomic E-state index is 13.3. The summed E-state index contributed by atoms with van der Waals surface area (Å²) in [6, 6.07) is 6.35. The minimum absolute atomic E-state index is 0.155. The molecule has 5 atom stereocenters. The van der Waals surface area contributed by atoms with Crippen LogP contribution >= 0.6 is 0 Å². The molecule has 15 nitrogen and oxygen atoms in total. The van der Waals surface area contributed by atoms with Crippen molar-refractivity contribution in [1.29, 1.82) is 0 Å². The lowest BCUT2D eigenvalue weighted by atomic mass is 9.53. The summed E-state index contributed by atoms with van der Waals surface area (Å²) in [5, 5.41) is 8.35. The predicted molar refractivity (Wildman–Crippen MR) is 173 cm³/mol. The van der Waals surface area contributed by atoms with Gasteiger partial charge in [-0.2, -0.15) is 0 Å². The maximum Gasteiger partial charge on any atom is 0.324 e. The lowest BCUT2D eigenvalue weighted by Gasteiger charge is -2.61. The molecule has 16 heteroatoms. The Kier molecular flexibility index (Phi) is 7.71. The highest BCUT2D eigenvalue weighted by molar-refractivity contribution is 7.80. The number of carbonyl (C=O) groups is 2. The van der Waals surface area contributed by atoms with Gasteiger partial charge in [0.25, 0.3) is 5.91 Å². The zero-order valence-electron chi connectivity index (χ0n) is 27.0. The van der Waals surface area contributed by atoms with Crippen LogP contribution in [-0.4, -0.2) is 76.4 Å². The second kappa shape index (κ2) is 11.7. The van der Waals surface area contributed by atoms with Gasteiger partial charge in [-0.15, -0.1) is 0 Å². The third-order valence-corrected chi connectivity index (χ3v) is 11.3. The molecule has 3 amide bonds. The van der Waals surface area contributed by atoms with Gasteiger partial charge in [0.15, 0.2) is 35.1 Å². The van der Waals surface area contributed by atoms with Crippen molar-refractivity contribution in [3.8, 4) is 0 Å². The van der Waals surface area contributed by atoms with Gasteiger partial charge in [-0.05, 0) is 95.2 Å². The number of rotatable bonds is 8. The topological polar surface area (TPSA) is 185 Å². The van der Waals surface area contributed by atoms with Gasteiger partial charge in [0.2, 0.25) is 0 Å². The number of hydrogen-bond acceptors (Lipinski definition) is 10. The predicted octanol–water partition coefficient (Wildman–Crippen LogP) is 3.59. The second-order valence-corrected chi connectivity index (χ2v) is 15.0. The number of fused-ring (bicyclic) bond motifs is 2. The van der Waals surface area contributed by atoms with Gasteiger partial charge >= 0.3 is 6.03 Å². The number of anilines is 3. The summed E-state index contributed by atoms with van der Waals surface area (Å²) in [7, 11) is 0. The van der Waals surface area contributed by atoms with Crippen molar-refractivity contribution >= 4 is 51.6 Å². The third kappa shape index (κ3) is 5.43. The quantitative estimate of drug-likeness (QED) is 0.297. The summed E-state index contributed by atoms with van der Waals surface area (Å²) < 4.78 is 47.1. The van der Waals surface area contributed by atoms with E-state index in [9.17, 15) is 18.4 Å². The molecule has 4 aliphatic carbocycles. The van der Waals surface area contributed by atoms with E-state index >= 15 is 0 Å². The van der Waals surface area contributed by atoms with Crippen molar-refractivity contribution in [3.05, 3.63) is 36.9 Å². The molecule has 2 saturated heterocycles. The van der Waals surface area contributed by atoms with Crippen molar-refractivity contribution in [2.45, 2.75) is 95.2 Å². The molecule has 1 aromatic carbocycles. The molecule has 3 aromatic rings. The van der Waals surface area contributed by atoms with Crippen LogP contribution in [0.5, 0.6) is 0 Å². The molecule has 4 saturated carbocycles. The summed E-state index contributed by atoms with van der Waals surface area (Å²) in [4.78, 5) is 39.2. The van der Waals surface area contributed by atoms with Gasteiger partial charge in [0.05, 0.1) is 17.6 Å². The molecule has 0 radical (unpaired) electrons. The largest absolute Gasteiger partial charge is 0.755 e. The van der Waals surface area contributed by atoms with Crippen LogP contribution in [-0.2, 0) is 30.3 Å². The molecule has 4 bridgehead atoms. The highest BCUT2D eigenvalue weighted by Crippen LogP contribution is 2.58. The average Bonchev–Trinajstić information content (AvgIpc) is 3.67. The summed E-state index contributed by atoms with van der Waals surface area (Å²) in [6.45, 7) is 5.82. The Bertz CT molecular complexity index is 1750. The fraction of sp³-hybridized carbons (Fsp3) is 0.594. The highest BCUT2D eigenvalue weighted by atomic mass is 32.2. The number of imidazole rings is 1. The Hall–Kier alpha value is -3.70. The molecule has 6 fully saturated rings. The normalized spacial score (nSPS) is 33.4. The van der Waals surface area contributed by atoms with Crippen LogP contribution in [0.1, 0.15) is 65.5 Å². The van der Waals surface area contributed by atoms with Gasteiger partial charge < -0.3 is 29.4 Å². The summed E-state index contributed by atoms with van der Waals surface area (Å²) >= 11 is -2.47. The second-order valence-electron chi connectivity index (χ2n) is 14.2. The SMILES string of the molecule is CCNC(=O)[C@H]1O[C@@H](n2cnc3c(NC(=O)Nc4cccc(N(S(=O)[O-])C56CC7CC(CC(C7)C5)C6)c4)ncnc32)[C@@H]2OC(C)(C)O[C@@H]21. The van der Waals surface area contributed by atoms with Gasteiger partial charge in [-0.25, -0.2) is 19.7 Å². The van der Waals surface area contributed by atoms with Crippen molar-refractivity contribution in [3.63, 3.8) is 0 Å². The fourth-order valence-electron chi connectivity index (χ4n) is 9.23. The Morgan fingerprint density at radius 1 is 1.04 bits per heavy atom. The van der Waals surface area contributed by atoms with Crippen LogP contribution in [0.3, 0.4) is 0 Å². The van der Waals surface area contributed by atoms with Crippen LogP contribution in [0.2, 0.25) is 0 Å².